The zero-order valence-electron chi connectivity index (χ0n) is 18.8. The minimum atomic E-state index is -0.589. The number of thiazole rings is 1. The summed E-state index contributed by atoms with van der Waals surface area (Å²) in [5, 5.41) is 3.51. The number of anilines is 2. The Morgan fingerprint density at radius 3 is 2.70 bits per heavy atom. The van der Waals surface area contributed by atoms with Crippen LogP contribution in [-0.4, -0.2) is 40.2 Å². The molecule has 1 N–H and O–H groups in total. The largest absolute Gasteiger partial charge is 0.495 e. The molecule has 0 saturated carbocycles. The number of nitrogens with one attached hydrogen (secondary N) is 1. The SMILES string of the molecule is C=CCn1c(=O)c2sc(N3CCCCC3)nc2n(CC(=O)Nc2cc(C)ccc2OC)c1=O. The van der Waals surface area contributed by atoms with Crippen molar-refractivity contribution in [1.29, 1.82) is 0 Å². The zero-order chi connectivity index (χ0) is 23.5. The predicted molar refractivity (Wildman–Crippen MR) is 131 cm³/mol. The number of fused-ring (bicyclic) bond motifs is 1. The van der Waals surface area contributed by atoms with Gasteiger partial charge in [-0.25, -0.2) is 9.78 Å². The van der Waals surface area contributed by atoms with Crippen molar-refractivity contribution in [3.8, 4) is 5.75 Å². The van der Waals surface area contributed by atoms with Crippen LogP contribution in [0, 0.1) is 6.92 Å². The number of nitrogens with zero attached hydrogens (tertiary/aromatic N) is 4. The van der Waals surface area contributed by atoms with Crippen LogP contribution in [-0.2, 0) is 17.9 Å². The lowest BCUT2D eigenvalue weighted by atomic mass is 10.1. The van der Waals surface area contributed by atoms with Crippen LogP contribution in [0.15, 0.2) is 40.4 Å². The summed E-state index contributed by atoms with van der Waals surface area (Å²) >= 11 is 1.27. The van der Waals surface area contributed by atoms with E-state index in [4.69, 9.17) is 4.74 Å². The molecule has 1 aliphatic rings. The van der Waals surface area contributed by atoms with Gasteiger partial charge in [0.2, 0.25) is 5.91 Å². The van der Waals surface area contributed by atoms with E-state index in [1.54, 1.807) is 12.1 Å². The molecule has 0 aliphatic carbocycles. The van der Waals surface area contributed by atoms with Gasteiger partial charge in [-0.3, -0.25) is 18.7 Å². The molecule has 4 rings (SSSR count). The Morgan fingerprint density at radius 1 is 1.24 bits per heavy atom. The lowest BCUT2D eigenvalue weighted by Gasteiger charge is -2.25. The van der Waals surface area contributed by atoms with E-state index in [1.807, 2.05) is 13.0 Å². The lowest BCUT2D eigenvalue weighted by Crippen LogP contribution is -2.41. The average molecular weight is 470 g/mol. The third kappa shape index (κ3) is 4.56. The molecular formula is C23H27N5O4S. The fourth-order valence-electron chi connectivity index (χ4n) is 3.98. The molecule has 0 unspecified atom stereocenters. The molecule has 0 bridgehead atoms. The van der Waals surface area contributed by atoms with E-state index >= 15 is 0 Å². The van der Waals surface area contributed by atoms with Gasteiger partial charge in [0.25, 0.3) is 5.56 Å². The number of piperidine rings is 1. The van der Waals surface area contributed by atoms with E-state index < -0.39 is 17.2 Å². The van der Waals surface area contributed by atoms with Crippen LogP contribution in [0.2, 0.25) is 0 Å². The highest BCUT2D eigenvalue weighted by molar-refractivity contribution is 7.22. The topological polar surface area (TPSA) is 98.5 Å². The molecule has 3 heterocycles. The van der Waals surface area contributed by atoms with Crippen molar-refractivity contribution < 1.29 is 9.53 Å². The first-order valence-electron chi connectivity index (χ1n) is 10.9. The van der Waals surface area contributed by atoms with Crippen LogP contribution in [0.1, 0.15) is 24.8 Å². The first-order valence-corrected chi connectivity index (χ1v) is 11.7. The number of aromatic nitrogens is 3. The number of carbonyl (C=O) groups excluding carboxylic acids is 1. The highest BCUT2D eigenvalue weighted by Crippen LogP contribution is 2.29. The third-order valence-corrected chi connectivity index (χ3v) is 6.72. The molecule has 1 saturated heterocycles. The number of amides is 1. The predicted octanol–water partition coefficient (Wildman–Crippen LogP) is 2.75. The highest BCUT2D eigenvalue weighted by atomic mass is 32.1. The van der Waals surface area contributed by atoms with Gasteiger partial charge in [0.05, 0.1) is 12.8 Å². The molecule has 1 amide bonds. The van der Waals surface area contributed by atoms with Crippen LogP contribution in [0.25, 0.3) is 10.3 Å². The number of hydrogen-bond donors (Lipinski definition) is 1. The number of hydrogen-bond acceptors (Lipinski definition) is 7. The second kappa shape index (κ2) is 9.62. The van der Waals surface area contributed by atoms with Gasteiger partial charge < -0.3 is 15.0 Å². The van der Waals surface area contributed by atoms with Gasteiger partial charge in [-0.2, -0.15) is 0 Å². The van der Waals surface area contributed by atoms with Gasteiger partial charge in [-0.1, -0.05) is 23.5 Å². The second-order valence-electron chi connectivity index (χ2n) is 8.02. The molecule has 1 aromatic carbocycles. The molecule has 0 radical (unpaired) electrons. The van der Waals surface area contributed by atoms with Crippen molar-refractivity contribution in [3.63, 3.8) is 0 Å². The minimum Gasteiger partial charge on any atom is -0.495 e. The van der Waals surface area contributed by atoms with E-state index in [2.05, 4.69) is 21.8 Å². The van der Waals surface area contributed by atoms with Crippen molar-refractivity contribution in [3.05, 3.63) is 57.3 Å². The Hall–Kier alpha value is -3.40. The van der Waals surface area contributed by atoms with Crippen molar-refractivity contribution in [2.24, 2.45) is 0 Å². The van der Waals surface area contributed by atoms with Crippen LogP contribution in [0.5, 0.6) is 5.75 Å². The van der Waals surface area contributed by atoms with E-state index in [-0.39, 0.29) is 18.7 Å². The molecule has 1 aliphatic heterocycles. The van der Waals surface area contributed by atoms with E-state index in [9.17, 15) is 14.4 Å². The number of aryl methyl sites for hydroxylation is 1. The molecule has 3 aromatic rings. The van der Waals surface area contributed by atoms with Crippen molar-refractivity contribution in [2.75, 3.05) is 30.4 Å². The molecule has 10 heteroatoms. The smallest absolute Gasteiger partial charge is 0.333 e. The normalized spacial score (nSPS) is 13.8. The first-order chi connectivity index (χ1) is 15.9. The summed E-state index contributed by atoms with van der Waals surface area (Å²) in [6.45, 7) is 7.05. The Kier molecular flexibility index (Phi) is 6.64. The molecular weight excluding hydrogens is 442 g/mol. The number of benzene rings is 1. The monoisotopic (exact) mass is 469 g/mol. The molecule has 0 atom stereocenters. The zero-order valence-corrected chi connectivity index (χ0v) is 19.6. The summed E-state index contributed by atoms with van der Waals surface area (Å²) < 4.78 is 8.04. The fourth-order valence-corrected chi connectivity index (χ4v) is 5.05. The van der Waals surface area contributed by atoms with Crippen LogP contribution in [0.4, 0.5) is 10.8 Å². The molecule has 174 valence electrons. The maximum atomic E-state index is 13.2. The van der Waals surface area contributed by atoms with Crippen LogP contribution >= 0.6 is 11.3 Å². The Bertz CT molecular complexity index is 1320. The average Bonchev–Trinajstić information content (AvgIpc) is 3.26. The summed E-state index contributed by atoms with van der Waals surface area (Å²) in [4.78, 5) is 45.9. The Morgan fingerprint density at radius 2 is 2.00 bits per heavy atom. The highest BCUT2D eigenvalue weighted by Gasteiger charge is 2.22. The number of carbonyl (C=O) groups is 1. The van der Waals surface area contributed by atoms with Gasteiger partial charge >= 0.3 is 5.69 Å². The van der Waals surface area contributed by atoms with Crippen LogP contribution < -0.4 is 26.2 Å². The van der Waals surface area contributed by atoms with Gasteiger partial charge in [-0.05, 0) is 43.9 Å². The number of allylic oxidation sites excluding steroid dienone is 1. The fraction of sp³-hybridized carbons (Fsp3) is 0.391. The maximum absolute atomic E-state index is 13.2. The Balaban J connectivity index is 1.75. The lowest BCUT2D eigenvalue weighted by molar-refractivity contribution is -0.116. The summed E-state index contributed by atoms with van der Waals surface area (Å²) in [5.74, 6) is 0.0998. The van der Waals surface area contributed by atoms with Gasteiger partial charge in [0, 0.05) is 19.6 Å². The van der Waals surface area contributed by atoms with Crippen molar-refractivity contribution in [1.82, 2.24) is 14.1 Å². The van der Waals surface area contributed by atoms with E-state index in [1.165, 1.54) is 35.5 Å². The third-order valence-electron chi connectivity index (χ3n) is 5.62. The maximum Gasteiger partial charge on any atom is 0.333 e. The molecule has 33 heavy (non-hydrogen) atoms. The summed E-state index contributed by atoms with van der Waals surface area (Å²) in [7, 11) is 1.52. The van der Waals surface area contributed by atoms with Gasteiger partial charge in [-0.15, -0.1) is 6.58 Å². The second-order valence-corrected chi connectivity index (χ2v) is 9.00. The minimum absolute atomic E-state index is 0.0534. The molecule has 1 fully saturated rings. The Labute approximate surface area is 194 Å². The summed E-state index contributed by atoms with van der Waals surface area (Å²) in [6.07, 6.45) is 4.78. The summed E-state index contributed by atoms with van der Waals surface area (Å²) in [5.41, 5.74) is 0.707. The standard InChI is InChI=1S/C23H27N5O4S/c1-4-10-27-21(30)19-20(25-22(33-19)26-11-6-5-7-12-26)28(23(27)31)14-18(29)24-16-13-15(2)8-9-17(16)32-3/h4,8-9,13H,1,5-7,10-12,14H2,2-3H3,(H,24,29). The number of rotatable bonds is 7. The molecule has 9 nitrogen and oxygen atoms in total. The van der Waals surface area contributed by atoms with Gasteiger partial charge in [0.15, 0.2) is 10.8 Å². The van der Waals surface area contributed by atoms with E-state index in [0.717, 1.165) is 36.1 Å². The summed E-state index contributed by atoms with van der Waals surface area (Å²) in [6, 6.07) is 5.45. The first kappa shape index (κ1) is 22.8. The van der Waals surface area contributed by atoms with E-state index in [0.29, 0.717) is 21.3 Å². The van der Waals surface area contributed by atoms with Crippen molar-refractivity contribution in [2.45, 2.75) is 39.3 Å². The number of ether oxygens (including phenoxy) is 1. The van der Waals surface area contributed by atoms with Crippen LogP contribution in [0.3, 0.4) is 0 Å². The van der Waals surface area contributed by atoms with Crippen molar-refractivity contribution >= 4 is 38.4 Å². The number of methoxy groups -OCH3 is 1. The molecule has 0 spiro atoms. The quantitative estimate of drug-likeness (QED) is 0.535. The van der Waals surface area contributed by atoms with Gasteiger partial charge in [0.1, 0.15) is 17.0 Å². The molecule has 2 aromatic heterocycles.